The highest BCUT2D eigenvalue weighted by molar-refractivity contribution is 5.43. The van der Waals surface area contributed by atoms with Crippen LogP contribution in [0.1, 0.15) is 11.7 Å². The number of methoxy groups -OCH3 is 1. The maximum Gasteiger partial charge on any atom is 0.163 e. The highest BCUT2D eigenvalue weighted by atomic mass is 16.5. The van der Waals surface area contributed by atoms with Gasteiger partial charge in [-0.15, -0.1) is 0 Å². The minimum atomic E-state index is -0.858. The van der Waals surface area contributed by atoms with E-state index in [9.17, 15) is 10.2 Å². The fourth-order valence-electron chi connectivity index (χ4n) is 2.29. The molecule has 0 saturated heterocycles. The summed E-state index contributed by atoms with van der Waals surface area (Å²) >= 11 is 0. The summed E-state index contributed by atoms with van der Waals surface area (Å²) in [7, 11) is 1.60. The Labute approximate surface area is 122 Å². The molecular weight excluding hydrogens is 272 g/mol. The quantitative estimate of drug-likeness (QED) is 0.907. The lowest BCUT2D eigenvalue weighted by atomic mass is 10.0. The highest BCUT2D eigenvalue weighted by Gasteiger charge is 2.31. The van der Waals surface area contributed by atoms with Gasteiger partial charge in [-0.25, -0.2) is 0 Å². The molecule has 5 nitrogen and oxygen atoms in total. The second-order valence-corrected chi connectivity index (χ2v) is 4.81. The zero-order chi connectivity index (χ0) is 14.8. The van der Waals surface area contributed by atoms with E-state index in [4.69, 9.17) is 14.2 Å². The summed E-state index contributed by atoms with van der Waals surface area (Å²) in [6.45, 7) is 0.241. The molecule has 0 fully saturated rings. The van der Waals surface area contributed by atoms with Crippen LogP contribution in [0.5, 0.6) is 23.0 Å². The fraction of sp³-hybridized carbons (Fsp3) is 0.250. The summed E-state index contributed by atoms with van der Waals surface area (Å²) in [5.41, 5.74) is 0.528. The van der Waals surface area contributed by atoms with Gasteiger partial charge in [-0.2, -0.15) is 0 Å². The molecule has 0 radical (unpaired) electrons. The third kappa shape index (κ3) is 2.73. The van der Waals surface area contributed by atoms with Crippen LogP contribution in [0, 0.1) is 0 Å². The Morgan fingerprint density at radius 1 is 1.10 bits per heavy atom. The number of phenolic OH excluding ortho intramolecular Hbond substituents is 1. The summed E-state index contributed by atoms with van der Waals surface area (Å²) in [6, 6.07) is 11.8. The predicted molar refractivity (Wildman–Crippen MR) is 76.0 cm³/mol. The number of aliphatic hydroxyl groups excluding tert-OH is 1. The second-order valence-electron chi connectivity index (χ2n) is 4.81. The molecule has 0 amide bonds. The fourth-order valence-corrected chi connectivity index (χ4v) is 2.29. The molecule has 3 rings (SSSR count). The first-order chi connectivity index (χ1) is 10.2. The van der Waals surface area contributed by atoms with E-state index in [1.165, 1.54) is 12.1 Å². The van der Waals surface area contributed by atoms with Gasteiger partial charge in [0.1, 0.15) is 35.7 Å². The molecule has 2 N–H and O–H groups in total. The molecule has 5 heteroatoms. The summed E-state index contributed by atoms with van der Waals surface area (Å²) in [5, 5.41) is 19.9. The Morgan fingerprint density at radius 2 is 1.81 bits per heavy atom. The Morgan fingerprint density at radius 3 is 2.52 bits per heavy atom. The normalized spacial score (nSPS) is 20.3. The number of hydrogen-bond acceptors (Lipinski definition) is 5. The van der Waals surface area contributed by atoms with Crippen LogP contribution in [0.15, 0.2) is 42.5 Å². The van der Waals surface area contributed by atoms with Crippen LogP contribution >= 0.6 is 0 Å². The topological polar surface area (TPSA) is 68.2 Å². The molecule has 1 aliphatic rings. The predicted octanol–water partition coefficient (Wildman–Crippen LogP) is 2.27. The van der Waals surface area contributed by atoms with E-state index in [0.29, 0.717) is 17.1 Å². The number of rotatable bonds is 3. The van der Waals surface area contributed by atoms with Crippen molar-refractivity contribution < 1.29 is 24.4 Å². The highest BCUT2D eigenvalue weighted by Crippen LogP contribution is 2.36. The molecule has 1 heterocycles. The van der Waals surface area contributed by atoms with Crippen molar-refractivity contribution in [3.63, 3.8) is 0 Å². The molecule has 0 unspecified atom stereocenters. The molecule has 0 bridgehead atoms. The van der Waals surface area contributed by atoms with Crippen LogP contribution in [0.4, 0.5) is 0 Å². The van der Waals surface area contributed by atoms with Crippen LogP contribution in [0.3, 0.4) is 0 Å². The van der Waals surface area contributed by atoms with Crippen molar-refractivity contribution in [2.24, 2.45) is 0 Å². The minimum Gasteiger partial charge on any atom is -0.508 e. The first-order valence-corrected chi connectivity index (χ1v) is 6.62. The standard InChI is InChI=1S/C16H16O5/c1-19-11-3-5-12(6-4-11)21-15-9-20-14-7-2-10(17)8-13(14)16(15)18/h2-8,15-18H,9H2,1H3/t15-,16+/m0/s1. The molecular formula is C16H16O5. The van der Waals surface area contributed by atoms with Crippen molar-refractivity contribution in [1.82, 2.24) is 0 Å². The van der Waals surface area contributed by atoms with Crippen molar-refractivity contribution in [2.75, 3.05) is 13.7 Å². The van der Waals surface area contributed by atoms with Gasteiger partial charge >= 0.3 is 0 Å². The zero-order valence-corrected chi connectivity index (χ0v) is 11.5. The number of benzene rings is 2. The average Bonchev–Trinajstić information content (AvgIpc) is 2.51. The summed E-state index contributed by atoms with van der Waals surface area (Å²) in [5.74, 6) is 2.00. The van der Waals surface area contributed by atoms with E-state index in [1.54, 1.807) is 37.4 Å². The largest absolute Gasteiger partial charge is 0.508 e. The van der Waals surface area contributed by atoms with Crippen LogP contribution in [-0.2, 0) is 0 Å². The van der Waals surface area contributed by atoms with E-state index < -0.39 is 12.2 Å². The van der Waals surface area contributed by atoms with Gasteiger partial charge in [-0.05, 0) is 42.5 Å². The van der Waals surface area contributed by atoms with Crippen molar-refractivity contribution in [2.45, 2.75) is 12.2 Å². The number of hydrogen-bond donors (Lipinski definition) is 2. The lowest BCUT2D eigenvalue weighted by molar-refractivity contribution is -0.0104. The Bertz CT molecular complexity index is 623. The lowest BCUT2D eigenvalue weighted by Gasteiger charge is -2.30. The number of aliphatic hydroxyl groups is 1. The second kappa shape index (κ2) is 5.54. The Balaban J connectivity index is 1.77. The molecule has 1 aliphatic heterocycles. The van der Waals surface area contributed by atoms with Crippen LogP contribution in [-0.4, -0.2) is 30.0 Å². The number of aromatic hydroxyl groups is 1. The van der Waals surface area contributed by atoms with E-state index in [0.717, 1.165) is 5.75 Å². The maximum atomic E-state index is 10.4. The number of ether oxygens (including phenoxy) is 3. The van der Waals surface area contributed by atoms with Crippen LogP contribution in [0.2, 0.25) is 0 Å². The first kappa shape index (κ1) is 13.6. The zero-order valence-electron chi connectivity index (χ0n) is 11.5. The van der Waals surface area contributed by atoms with Crippen LogP contribution in [0.25, 0.3) is 0 Å². The number of phenols is 1. The van der Waals surface area contributed by atoms with Gasteiger partial charge in [0.05, 0.1) is 7.11 Å². The van der Waals surface area contributed by atoms with Gasteiger partial charge in [0.2, 0.25) is 0 Å². The third-order valence-electron chi connectivity index (χ3n) is 3.41. The van der Waals surface area contributed by atoms with Crippen molar-refractivity contribution in [1.29, 1.82) is 0 Å². The Kier molecular flexibility index (Phi) is 3.58. The van der Waals surface area contributed by atoms with Gasteiger partial charge in [-0.3, -0.25) is 0 Å². The molecule has 0 aliphatic carbocycles. The molecule has 2 aromatic carbocycles. The summed E-state index contributed by atoms with van der Waals surface area (Å²) < 4.78 is 16.4. The van der Waals surface area contributed by atoms with E-state index in [2.05, 4.69) is 0 Å². The average molecular weight is 288 g/mol. The SMILES string of the molecule is COc1ccc(O[C@H]2COc3ccc(O)cc3[C@H]2O)cc1. The monoisotopic (exact) mass is 288 g/mol. The molecule has 110 valence electrons. The van der Waals surface area contributed by atoms with Gasteiger partial charge in [0.25, 0.3) is 0 Å². The van der Waals surface area contributed by atoms with E-state index >= 15 is 0 Å². The van der Waals surface area contributed by atoms with Gasteiger partial charge < -0.3 is 24.4 Å². The molecule has 0 saturated carbocycles. The van der Waals surface area contributed by atoms with Crippen molar-refractivity contribution >= 4 is 0 Å². The third-order valence-corrected chi connectivity index (χ3v) is 3.41. The molecule has 2 atom stereocenters. The first-order valence-electron chi connectivity index (χ1n) is 6.62. The molecule has 2 aromatic rings. The van der Waals surface area contributed by atoms with Gasteiger partial charge in [0.15, 0.2) is 6.10 Å². The summed E-state index contributed by atoms with van der Waals surface area (Å²) in [6.07, 6.45) is -1.39. The van der Waals surface area contributed by atoms with Crippen molar-refractivity contribution in [3.8, 4) is 23.0 Å². The van der Waals surface area contributed by atoms with Gasteiger partial charge in [0, 0.05) is 5.56 Å². The molecule has 0 aromatic heterocycles. The van der Waals surface area contributed by atoms with Crippen molar-refractivity contribution in [3.05, 3.63) is 48.0 Å². The number of fused-ring (bicyclic) bond motifs is 1. The van der Waals surface area contributed by atoms with Gasteiger partial charge in [-0.1, -0.05) is 0 Å². The minimum absolute atomic E-state index is 0.0847. The smallest absolute Gasteiger partial charge is 0.163 e. The van der Waals surface area contributed by atoms with Crippen LogP contribution < -0.4 is 14.2 Å². The molecule has 0 spiro atoms. The lowest BCUT2D eigenvalue weighted by Crippen LogP contribution is -2.35. The maximum absolute atomic E-state index is 10.4. The molecule has 21 heavy (non-hydrogen) atoms. The van der Waals surface area contributed by atoms with E-state index in [1.807, 2.05) is 0 Å². The summed E-state index contributed by atoms with van der Waals surface area (Å²) in [4.78, 5) is 0. The Hall–Kier alpha value is -2.40. The van der Waals surface area contributed by atoms with E-state index in [-0.39, 0.29) is 12.4 Å².